The first-order valence-corrected chi connectivity index (χ1v) is 8.99. The minimum atomic E-state index is -0.452. The number of nitrogens with zero attached hydrogens (tertiary/aromatic N) is 4. The molecule has 0 N–H and O–H groups in total. The van der Waals surface area contributed by atoms with Gasteiger partial charge in [-0.05, 0) is 45.0 Å². The van der Waals surface area contributed by atoms with Gasteiger partial charge in [-0.2, -0.15) is 0 Å². The van der Waals surface area contributed by atoms with Crippen LogP contribution in [0.2, 0.25) is 0 Å². The Bertz CT molecular complexity index is 753. The summed E-state index contributed by atoms with van der Waals surface area (Å²) >= 11 is 0. The summed E-state index contributed by atoms with van der Waals surface area (Å²) < 4.78 is 10.8. The number of rotatable bonds is 2. The van der Waals surface area contributed by atoms with E-state index in [2.05, 4.69) is 15.1 Å². The van der Waals surface area contributed by atoms with Gasteiger partial charge >= 0.3 is 6.09 Å². The number of aromatic nitrogens is 2. The Morgan fingerprint density at radius 1 is 1.12 bits per heavy atom. The molecule has 0 spiro atoms. The zero-order chi connectivity index (χ0) is 18.3. The van der Waals surface area contributed by atoms with E-state index in [1.807, 2.05) is 49.9 Å². The van der Waals surface area contributed by atoms with Gasteiger partial charge in [0.15, 0.2) is 11.6 Å². The summed E-state index contributed by atoms with van der Waals surface area (Å²) in [5, 5.41) is 8.63. The molecule has 138 valence electrons. The van der Waals surface area contributed by atoms with E-state index >= 15 is 0 Å². The highest BCUT2D eigenvalue weighted by atomic mass is 16.6. The van der Waals surface area contributed by atoms with Crippen molar-refractivity contribution in [3.8, 4) is 11.5 Å². The monoisotopic (exact) mass is 356 g/mol. The zero-order valence-corrected chi connectivity index (χ0v) is 15.4. The van der Waals surface area contributed by atoms with E-state index in [4.69, 9.17) is 9.15 Å². The summed E-state index contributed by atoms with van der Waals surface area (Å²) in [5.74, 6) is 2.50. The number of amides is 1. The van der Waals surface area contributed by atoms with Gasteiger partial charge in [0.05, 0.1) is 6.26 Å². The molecular formula is C19H24N4O3. The second-order valence-corrected chi connectivity index (χ2v) is 8.06. The lowest BCUT2D eigenvalue weighted by Gasteiger charge is -2.26. The largest absolute Gasteiger partial charge is 0.463 e. The third-order valence-corrected chi connectivity index (χ3v) is 4.89. The van der Waals surface area contributed by atoms with Gasteiger partial charge in [0, 0.05) is 38.0 Å². The van der Waals surface area contributed by atoms with Crippen LogP contribution < -0.4 is 4.90 Å². The van der Waals surface area contributed by atoms with Gasteiger partial charge in [-0.25, -0.2) is 4.79 Å². The number of carbonyl (C=O) groups excluding carboxylic acids is 1. The average molecular weight is 356 g/mol. The van der Waals surface area contributed by atoms with Crippen molar-refractivity contribution in [2.45, 2.75) is 26.4 Å². The van der Waals surface area contributed by atoms with Crippen molar-refractivity contribution >= 4 is 11.9 Å². The molecule has 0 radical (unpaired) electrons. The molecule has 0 saturated carbocycles. The number of hydrogen-bond donors (Lipinski definition) is 0. The van der Waals surface area contributed by atoms with Crippen molar-refractivity contribution in [2.24, 2.45) is 11.8 Å². The van der Waals surface area contributed by atoms with Gasteiger partial charge in [-0.3, -0.25) is 0 Å². The maximum atomic E-state index is 12.3. The minimum Gasteiger partial charge on any atom is -0.463 e. The maximum absolute atomic E-state index is 12.3. The summed E-state index contributed by atoms with van der Waals surface area (Å²) in [6.07, 6.45) is 1.42. The summed E-state index contributed by atoms with van der Waals surface area (Å²) in [4.78, 5) is 16.3. The first-order chi connectivity index (χ1) is 12.4. The minimum absolute atomic E-state index is 0.207. The quantitative estimate of drug-likeness (QED) is 0.824. The lowest BCUT2D eigenvalue weighted by Crippen LogP contribution is -2.37. The highest BCUT2D eigenvalue weighted by Crippen LogP contribution is 2.34. The standard InChI is InChI=1S/C19H24N4O3/c1-19(2,3)26-18(24)23-11-13-9-22(10-14(13)12-23)17-7-6-15(20-21-17)16-5-4-8-25-16/h4-8,13-14H,9-12H2,1-3H3. The Morgan fingerprint density at radius 2 is 1.85 bits per heavy atom. The van der Waals surface area contributed by atoms with Crippen molar-refractivity contribution in [3.63, 3.8) is 0 Å². The number of fused-ring (bicyclic) bond motifs is 1. The molecule has 7 heteroatoms. The molecule has 2 aliphatic rings. The topological polar surface area (TPSA) is 71.7 Å². The number of carbonyl (C=O) groups is 1. The van der Waals surface area contributed by atoms with Gasteiger partial charge in [-0.15, -0.1) is 10.2 Å². The van der Waals surface area contributed by atoms with Crippen LogP contribution in [0.3, 0.4) is 0 Å². The van der Waals surface area contributed by atoms with Crippen molar-refractivity contribution in [2.75, 3.05) is 31.1 Å². The summed E-state index contributed by atoms with van der Waals surface area (Å²) in [6.45, 7) is 8.96. The fraction of sp³-hybridized carbons (Fsp3) is 0.526. The molecule has 2 atom stereocenters. The summed E-state index contributed by atoms with van der Waals surface area (Å²) in [5.41, 5.74) is 0.279. The van der Waals surface area contributed by atoms with E-state index in [9.17, 15) is 4.79 Å². The molecule has 2 unspecified atom stereocenters. The number of hydrogen-bond acceptors (Lipinski definition) is 6. The van der Waals surface area contributed by atoms with E-state index in [1.165, 1.54) is 0 Å². The fourth-order valence-corrected chi connectivity index (χ4v) is 3.71. The fourth-order valence-electron chi connectivity index (χ4n) is 3.71. The Labute approximate surface area is 152 Å². The summed E-state index contributed by atoms with van der Waals surface area (Å²) in [7, 11) is 0. The Kier molecular flexibility index (Phi) is 4.09. The van der Waals surface area contributed by atoms with E-state index in [1.54, 1.807) is 6.26 Å². The predicted molar refractivity (Wildman–Crippen MR) is 96.7 cm³/mol. The van der Waals surface area contributed by atoms with Gasteiger partial charge in [0.1, 0.15) is 11.3 Å². The van der Waals surface area contributed by atoms with E-state index in [-0.39, 0.29) is 6.09 Å². The van der Waals surface area contributed by atoms with Crippen LogP contribution in [0.15, 0.2) is 34.9 Å². The van der Waals surface area contributed by atoms with Crippen molar-refractivity contribution in [1.29, 1.82) is 0 Å². The van der Waals surface area contributed by atoms with E-state index < -0.39 is 5.60 Å². The van der Waals surface area contributed by atoms with Crippen LogP contribution in [0.25, 0.3) is 11.5 Å². The lowest BCUT2D eigenvalue weighted by molar-refractivity contribution is 0.0282. The average Bonchev–Trinajstić information content (AvgIpc) is 3.29. The normalized spacial score (nSPS) is 22.6. The third kappa shape index (κ3) is 3.38. The van der Waals surface area contributed by atoms with Crippen molar-refractivity contribution < 1.29 is 13.9 Å². The van der Waals surface area contributed by atoms with Crippen LogP contribution in [-0.4, -0.2) is 53.0 Å². The second kappa shape index (κ2) is 6.30. The molecule has 2 aliphatic heterocycles. The Balaban J connectivity index is 1.37. The van der Waals surface area contributed by atoms with Gasteiger partial charge in [0.25, 0.3) is 0 Å². The highest BCUT2D eigenvalue weighted by Gasteiger charge is 2.43. The Morgan fingerprint density at radius 3 is 2.38 bits per heavy atom. The molecule has 0 bridgehead atoms. The molecule has 0 aromatic carbocycles. The van der Waals surface area contributed by atoms with E-state index in [0.29, 0.717) is 11.8 Å². The Hall–Kier alpha value is -2.57. The maximum Gasteiger partial charge on any atom is 0.410 e. The molecule has 2 aromatic rings. The SMILES string of the molecule is CC(C)(C)OC(=O)N1CC2CN(c3ccc(-c4ccco4)nn3)CC2C1. The number of ether oxygens (including phenoxy) is 1. The molecular weight excluding hydrogens is 332 g/mol. The van der Waals surface area contributed by atoms with Crippen molar-refractivity contribution in [1.82, 2.24) is 15.1 Å². The second-order valence-electron chi connectivity index (χ2n) is 8.06. The predicted octanol–water partition coefficient (Wildman–Crippen LogP) is 3.04. The number of anilines is 1. The molecule has 7 nitrogen and oxygen atoms in total. The number of likely N-dealkylation sites (tertiary alicyclic amines) is 1. The van der Waals surface area contributed by atoms with Crippen LogP contribution >= 0.6 is 0 Å². The van der Waals surface area contributed by atoms with Gasteiger partial charge < -0.3 is 19.0 Å². The van der Waals surface area contributed by atoms with Gasteiger partial charge in [-0.1, -0.05) is 0 Å². The van der Waals surface area contributed by atoms with Crippen LogP contribution in [0.1, 0.15) is 20.8 Å². The van der Waals surface area contributed by atoms with Crippen molar-refractivity contribution in [3.05, 3.63) is 30.5 Å². The smallest absolute Gasteiger partial charge is 0.410 e. The first-order valence-electron chi connectivity index (χ1n) is 8.99. The molecule has 26 heavy (non-hydrogen) atoms. The van der Waals surface area contributed by atoms with Crippen LogP contribution in [0.4, 0.5) is 10.6 Å². The van der Waals surface area contributed by atoms with Crippen LogP contribution in [0, 0.1) is 11.8 Å². The number of furan rings is 1. The summed E-state index contributed by atoms with van der Waals surface area (Å²) in [6, 6.07) is 7.62. The molecule has 4 rings (SSSR count). The van der Waals surface area contributed by atoms with E-state index in [0.717, 1.165) is 43.5 Å². The van der Waals surface area contributed by atoms with Crippen LogP contribution in [0.5, 0.6) is 0 Å². The molecule has 2 fully saturated rings. The molecule has 0 aliphatic carbocycles. The molecule has 2 saturated heterocycles. The molecule has 4 heterocycles. The van der Waals surface area contributed by atoms with Crippen LogP contribution in [-0.2, 0) is 4.74 Å². The zero-order valence-electron chi connectivity index (χ0n) is 15.4. The molecule has 1 amide bonds. The lowest BCUT2D eigenvalue weighted by atomic mass is 10.0. The highest BCUT2D eigenvalue weighted by molar-refractivity contribution is 5.68. The third-order valence-electron chi connectivity index (χ3n) is 4.89. The molecule has 2 aromatic heterocycles. The van der Waals surface area contributed by atoms with Gasteiger partial charge in [0.2, 0.25) is 0 Å². The first kappa shape index (κ1) is 16.9.